The van der Waals surface area contributed by atoms with Crippen LogP contribution in [0.25, 0.3) is 10.9 Å². The van der Waals surface area contributed by atoms with Gasteiger partial charge in [-0.3, -0.25) is 14.5 Å². The molecule has 0 bridgehead atoms. The number of aryl methyl sites for hydroxylation is 1. The topological polar surface area (TPSA) is 105 Å². The molecule has 1 saturated carbocycles. The Labute approximate surface area is 354 Å². The molecule has 0 spiro atoms. The highest BCUT2D eigenvalue weighted by Gasteiger charge is 2.41. The molecule has 4 aliphatic rings. The van der Waals surface area contributed by atoms with Crippen LogP contribution in [0.15, 0.2) is 30.3 Å². The predicted molar refractivity (Wildman–Crippen MR) is 239 cm³/mol. The van der Waals surface area contributed by atoms with Crippen LogP contribution in [0.2, 0.25) is 0 Å². The summed E-state index contributed by atoms with van der Waals surface area (Å²) in [7, 11) is 0. The molecule has 3 heterocycles. The zero-order chi connectivity index (χ0) is 42.0. The van der Waals surface area contributed by atoms with E-state index in [1.54, 1.807) is 6.07 Å². The van der Waals surface area contributed by atoms with Gasteiger partial charge in [-0.05, 0) is 85.3 Å². The zero-order valence-electron chi connectivity index (χ0n) is 37.4. The van der Waals surface area contributed by atoms with Gasteiger partial charge in [0, 0.05) is 103 Å². The van der Waals surface area contributed by atoms with Gasteiger partial charge in [0.15, 0.2) is 5.78 Å². The number of aromatic amines is 1. The van der Waals surface area contributed by atoms with Gasteiger partial charge in [0.05, 0.1) is 30.4 Å². The maximum atomic E-state index is 14.1. The number of carbonyl (C=O) groups excluding carboxylic acids is 2. The summed E-state index contributed by atoms with van der Waals surface area (Å²) in [5.74, 6) is 0.974. The summed E-state index contributed by atoms with van der Waals surface area (Å²) < 4.78 is 6.40. The lowest BCUT2D eigenvalue weighted by molar-refractivity contribution is -0.122. The molecule has 3 fully saturated rings. The fraction of sp³-hybridized carbons (Fsp3) is 0.660. The van der Waals surface area contributed by atoms with Gasteiger partial charge < -0.3 is 24.8 Å². The quantitative estimate of drug-likeness (QED) is 0.157. The number of anilines is 1. The van der Waals surface area contributed by atoms with Gasteiger partial charge in [0.2, 0.25) is 5.91 Å². The van der Waals surface area contributed by atoms with Crippen LogP contribution in [-0.4, -0.2) is 98.1 Å². The van der Waals surface area contributed by atoms with E-state index in [0.717, 1.165) is 117 Å². The fourth-order valence-electron chi connectivity index (χ4n) is 10.8. The van der Waals surface area contributed by atoms with E-state index in [-0.39, 0.29) is 27.9 Å². The lowest BCUT2D eigenvalue weighted by Crippen LogP contribution is -2.53. The Bertz CT molecular complexity index is 2000. The van der Waals surface area contributed by atoms with Crippen LogP contribution in [0, 0.1) is 28.1 Å². The van der Waals surface area contributed by atoms with E-state index >= 15 is 0 Å². The number of carbonyl (C=O) groups is 2. The van der Waals surface area contributed by atoms with E-state index in [1.165, 1.54) is 49.8 Å². The summed E-state index contributed by atoms with van der Waals surface area (Å²) in [6.45, 7) is 24.8. The maximum absolute atomic E-state index is 14.1. The molecule has 0 radical (unpaired) electrons. The average Bonchev–Trinajstić information content (AvgIpc) is 3.42. The largest absolute Gasteiger partial charge is 0.380 e. The van der Waals surface area contributed by atoms with Gasteiger partial charge in [0.1, 0.15) is 0 Å². The zero-order valence-corrected chi connectivity index (χ0v) is 37.4. The van der Waals surface area contributed by atoms with E-state index in [4.69, 9.17) is 4.74 Å². The third-order valence-corrected chi connectivity index (χ3v) is 15.0. The van der Waals surface area contributed by atoms with Crippen molar-refractivity contribution in [1.29, 1.82) is 5.26 Å². The lowest BCUT2D eigenvalue weighted by Gasteiger charge is -2.44. The SMILES string of the molecule is CCc1cc2c(cc1N1CCC(N3CCN(CCC(=O)NCC(C)(C)COCC(C)(CC)C4CCCCCC4)CC3)CC1)C(C)(C)c1[nH]c3cc(C#N)ccc3c1C2=O. The molecule has 1 aromatic heterocycles. The first-order valence-corrected chi connectivity index (χ1v) is 23.1. The molecule has 1 amide bonds. The Kier molecular flexibility index (Phi) is 13.3. The minimum atomic E-state index is -0.389. The molecule has 9 heteroatoms. The third kappa shape index (κ3) is 9.31. The van der Waals surface area contributed by atoms with Crippen molar-refractivity contribution in [3.8, 4) is 6.07 Å². The number of piperazine rings is 1. The van der Waals surface area contributed by atoms with Gasteiger partial charge in [0.25, 0.3) is 0 Å². The van der Waals surface area contributed by atoms with E-state index in [1.807, 2.05) is 12.1 Å². The molecule has 2 aromatic carbocycles. The van der Waals surface area contributed by atoms with Crippen molar-refractivity contribution in [2.45, 2.75) is 131 Å². The summed E-state index contributed by atoms with van der Waals surface area (Å²) in [6, 6.07) is 12.9. The second-order valence-corrected chi connectivity index (χ2v) is 20.1. The molecule has 2 aliphatic carbocycles. The number of piperidine rings is 1. The van der Waals surface area contributed by atoms with Crippen molar-refractivity contribution in [2.24, 2.45) is 16.7 Å². The summed E-state index contributed by atoms with van der Waals surface area (Å²) in [5.41, 5.74) is 7.25. The molecular formula is C50H72N6O3. The average molecular weight is 805 g/mol. The minimum absolute atomic E-state index is 0.0735. The molecule has 2 aliphatic heterocycles. The number of benzene rings is 2. The Hall–Kier alpha value is -3.71. The monoisotopic (exact) mass is 805 g/mol. The van der Waals surface area contributed by atoms with E-state index in [9.17, 15) is 14.9 Å². The summed E-state index contributed by atoms with van der Waals surface area (Å²) in [6.07, 6.45) is 13.0. The molecule has 320 valence electrons. The summed E-state index contributed by atoms with van der Waals surface area (Å²) in [4.78, 5) is 38.4. The maximum Gasteiger partial charge on any atom is 0.221 e. The standard InChI is InChI=1S/C50H72N6O3/c1-8-36-29-40-41(49(5,6)47-45(46(40)58)39-17-16-35(31-51)28-42(39)53-47)30-43(36)56-22-18-38(19-23-56)55-26-24-54(25-27-55)21-20-44(57)52-32-48(3,4)33-59-34-50(7,9-2)37-14-12-10-11-13-15-37/h16-17,28-30,37-38,53H,8-15,18-27,32-34H2,1-7H3,(H,52,57). The van der Waals surface area contributed by atoms with Crippen LogP contribution in [0.4, 0.5) is 5.69 Å². The number of nitrogens with one attached hydrogen (secondary N) is 2. The number of amides is 1. The minimum Gasteiger partial charge on any atom is -0.380 e. The second kappa shape index (κ2) is 18.1. The highest BCUT2D eigenvalue weighted by Crippen LogP contribution is 2.46. The lowest BCUT2D eigenvalue weighted by atomic mass is 9.70. The summed E-state index contributed by atoms with van der Waals surface area (Å²) >= 11 is 0. The van der Waals surface area contributed by atoms with Gasteiger partial charge in [-0.2, -0.15) is 5.26 Å². The first kappa shape index (κ1) is 43.4. The van der Waals surface area contributed by atoms with Crippen molar-refractivity contribution in [1.82, 2.24) is 20.1 Å². The number of H-pyrrole nitrogens is 1. The van der Waals surface area contributed by atoms with Crippen molar-refractivity contribution in [2.75, 3.05) is 70.5 Å². The predicted octanol–water partition coefficient (Wildman–Crippen LogP) is 8.99. The van der Waals surface area contributed by atoms with Crippen LogP contribution in [0.3, 0.4) is 0 Å². The van der Waals surface area contributed by atoms with Crippen molar-refractivity contribution in [3.63, 3.8) is 0 Å². The Morgan fingerprint density at radius 1 is 0.949 bits per heavy atom. The highest BCUT2D eigenvalue weighted by molar-refractivity contribution is 6.20. The van der Waals surface area contributed by atoms with Crippen molar-refractivity contribution in [3.05, 3.63) is 63.8 Å². The van der Waals surface area contributed by atoms with Gasteiger partial charge in [-0.1, -0.05) is 80.2 Å². The molecule has 2 N–H and O–H groups in total. The third-order valence-electron chi connectivity index (χ3n) is 15.0. The van der Waals surface area contributed by atoms with E-state index < -0.39 is 0 Å². The van der Waals surface area contributed by atoms with Gasteiger partial charge in [-0.15, -0.1) is 0 Å². The molecule has 2 saturated heterocycles. The van der Waals surface area contributed by atoms with Crippen molar-refractivity contribution < 1.29 is 14.3 Å². The number of hydrogen-bond acceptors (Lipinski definition) is 7. The highest BCUT2D eigenvalue weighted by atomic mass is 16.5. The molecular weight excluding hydrogens is 733 g/mol. The number of nitrogens with zero attached hydrogens (tertiary/aromatic N) is 4. The molecule has 1 unspecified atom stereocenters. The Morgan fingerprint density at radius 2 is 1.66 bits per heavy atom. The second-order valence-electron chi connectivity index (χ2n) is 20.1. The Balaban J connectivity index is 0.860. The number of hydrogen-bond donors (Lipinski definition) is 2. The normalized spacial score (nSPS) is 20.8. The number of rotatable bonds is 14. The number of ketones is 1. The van der Waals surface area contributed by atoms with Crippen LogP contribution < -0.4 is 10.2 Å². The number of nitriles is 1. The number of aromatic nitrogens is 1. The van der Waals surface area contributed by atoms with Crippen LogP contribution in [0.5, 0.6) is 0 Å². The molecule has 3 aromatic rings. The van der Waals surface area contributed by atoms with Gasteiger partial charge in [-0.25, -0.2) is 0 Å². The first-order chi connectivity index (χ1) is 28.3. The van der Waals surface area contributed by atoms with E-state index in [0.29, 0.717) is 31.2 Å². The Morgan fingerprint density at radius 3 is 2.32 bits per heavy atom. The van der Waals surface area contributed by atoms with E-state index in [2.05, 4.69) is 91.7 Å². The smallest absolute Gasteiger partial charge is 0.221 e. The molecule has 1 atom stereocenters. The van der Waals surface area contributed by atoms with Crippen LogP contribution >= 0.6 is 0 Å². The molecule has 9 nitrogen and oxygen atoms in total. The molecule has 7 rings (SSSR count). The summed E-state index contributed by atoms with van der Waals surface area (Å²) in [5, 5.41) is 13.6. The number of ether oxygens (including phenoxy) is 1. The fourth-order valence-corrected chi connectivity index (χ4v) is 10.8. The first-order valence-electron chi connectivity index (χ1n) is 23.1. The van der Waals surface area contributed by atoms with Gasteiger partial charge >= 0.3 is 0 Å². The van der Waals surface area contributed by atoms with Crippen LogP contribution in [0.1, 0.15) is 151 Å². The number of fused-ring (bicyclic) bond motifs is 4. The molecule has 59 heavy (non-hydrogen) atoms. The van der Waals surface area contributed by atoms with Crippen LogP contribution in [-0.2, 0) is 21.4 Å². The van der Waals surface area contributed by atoms with Crippen molar-refractivity contribution >= 4 is 28.3 Å².